The van der Waals surface area contributed by atoms with E-state index in [1.165, 1.54) is 5.39 Å². The number of likely N-dealkylation sites (N-methyl/N-ethyl adjacent to an activating group) is 1. The van der Waals surface area contributed by atoms with E-state index in [-0.39, 0.29) is 11.9 Å². The first-order valence-corrected chi connectivity index (χ1v) is 8.82. The number of benzene rings is 3. The maximum atomic E-state index is 12.6. The number of carbonyl (C=O) groups excluding carboxylic acids is 1. The Labute approximate surface area is 154 Å². The van der Waals surface area contributed by atoms with Gasteiger partial charge in [-0.1, -0.05) is 42.5 Å². The van der Waals surface area contributed by atoms with Crippen LogP contribution in [-0.4, -0.2) is 26.1 Å². The van der Waals surface area contributed by atoms with Crippen molar-refractivity contribution in [2.45, 2.75) is 19.5 Å². The van der Waals surface area contributed by atoms with Crippen LogP contribution in [0.3, 0.4) is 0 Å². The number of carbonyl (C=O) groups is 1. The van der Waals surface area contributed by atoms with E-state index < -0.39 is 0 Å². The van der Waals surface area contributed by atoms with Crippen molar-refractivity contribution in [2.75, 3.05) is 19.5 Å². The fourth-order valence-corrected chi connectivity index (χ4v) is 3.00. The van der Waals surface area contributed by atoms with Crippen LogP contribution in [0.15, 0.2) is 66.7 Å². The van der Waals surface area contributed by atoms with E-state index in [9.17, 15) is 4.79 Å². The molecule has 0 heterocycles. The highest BCUT2D eigenvalue weighted by molar-refractivity contribution is 5.96. The van der Waals surface area contributed by atoms with Crippen LogP contribution in [0.25, 0.3) is 10.8 Å². The standard InChI is InChI=1S/C22H24N2O2/c1-16(24(2)15-17-7-6-10-21(13-17)26-3)22(25)23-20-12-11-18-8-4-5-9-19(18)14-20/h4-14,16H,15H2,1-3H3,(H,23,25)/p+1/t16-/m1/s1. The van der Waals surface area contributed by atoms with Gasteiger partial charge in [-0.05, 0) is 42.0 Å². The number of hydrogen-bond acceptors (Lipinski definition) is 2. The number of anilines is 1. The number of hydrogen-bond donors (Lipinski definition) is 2. The van der Waals surface area contributed by atoms with Crippen molar-refractivity contribution in [3.05, 3.63) is 72.3 Å². The highest BCUT2D eigenvalue weighted by atomic mass is 16.5. The fourth-order valence-electron chi connectivity index (χ4n) is 3.00. The van der Waals surface area contributed by atoms with Crippen LogP contribution in [0, 0.1) is 0 Å². The molecule has 4 nitrogen and oxygen atoms in total. The van der Waals surface area contributed by atoms with E-state index in [1.54, 1.807) is 7.11 Å². The molecule has 2 N–H and O–H groups in total. The van der Waals surface area contributed by atoms with Gasteiger partial charge in [0.25, 0.3) is 5.91 Å². The Balaban J connectivity index is 1.65. The minimum absolute atomic E-state index is 0.0145. The summed E-state index contributed by atoms with van der Waals surface area (Å²) in [7, 11) is 3.69. The van der Waals surface area contributed by atoms with E-state index >= 15 is 0 Å². The van der Waals surface area contributed by atoms with E-state index in [2.05, 4.69) is 23.5 Å². The number of methoxy groups -OCH3 is 1. The van der Waals surface area contributed by atoms with Crippen LogP contribution in [0.5, 0.6) is 5.75 Å². The monoisotopic (exact) mass is 349 g/mol. The highest BCUT2D eigenvalue weighted by Crippen LogP contribution is 2.18. The maximum absolute atomic E-state index is 12.6. The molecule has 0 bridgehead atoms. The second kappa shape index (κ2) is 8.02. The van der Waals surface area contributed by atoms with Crippen LogP contribution in [0.4, 0.5) is 5.69 Å². The summed E-state index contributed by atoms with van der Waals surface area (Å²) < 4.78 is 5.27. The molecule has 26 heavy (non-hydrogen) atoms. The molecule has 0 aliphatic heterocycles. The third-order valence-electron chi connectivity index (χ3n) is 4.77. The molecule has 134 valence electrons. The maximum Gasteiger partial charge on any atom is 0.282 e. The normalized spacial score (nSPS) is 13.2. The van der Waals surface area contributed by atoms with Gasteiger partial charge < -0.3 is 15.0 Å². The molecule has 0 aliphatic carbocycles. The van der Waals surface area contributed by atoms with Crippen molar-refractivity contribution in [1.82, 2.24) is 0 Å². The van der Waals surface area contributed by atoms with Gasteiger partial charge >= 0.3 is 0 Å². The zero-order chi connectivity index (χ0) is 18.5. The van der Waals surface area contributed by atoms with Crippen LogP contribution in [0.2, 0.25) is 0 Å². The fraction of sp³-hybridized carbons (Fsp3) is 0.227. The molecule has 0 aliphatic rings. The Hall–Kier alpha value is -2.85. The molecule has 3 rings (SSSR count). The molecular formula is C22H25N2O2+. The van der Waals surface area contributed by atoms with Crippen molar-refractivity contribution < 1.29 is 14.4 Å². The van der Waals surface area contributed by atoms with Crippen LogP contribution in [-0.2, 0) is 11.3 Å². The summed E-state index contributed by atoms with van der Waals surface area (Å²) in [5, 5.41) is 5.33. The smallest absolute Gasteiger partial charge is 0.282 e. The van der Waals surface area contributed by atoms with Gasteiger partial charge in [0.05, 0.1) is 14.2 Å². The Kier molecular flexibility index (Phi) is 5.54. The Morgan fingerprint density at radius 1 is 1.04 bits per heavy atom. The van der Waals surface area contributed by atoms with Gasteiger partial charge in [-0.3, -0.25) is 4.79 Å². The molecule has 3 aromatic rings. The molecule has 2 atom stereocenters. The van der Waals surface area contributed by atoms with Crippen molar-refractivity contribution in [3.63, 3.8) is 0 Å². The van der Waals surface area contributed by atoms with Gasteiger partial charge in [0.2, 0.25) is 0 Å². The molecule has 0 saturated carbocycles. The topological polar surface area (TPSA) is 42.8 Å². The largest absolute Gasteiger partial charge is 0.497 e. The minimum Gasteiger partial charge on any atom is -0.497 e. The van der Waals surface area contributed by atoms with Crippen LogP contribution < -0.4 is 15.0 Å². The van der Waals surface area contributed by atoms with Crippen molar-refractivity contribution in [3.8, 4) is 5.75 Å². The highest BCUT2D eigenvalue weighted by Gasteiger charge is 2.22. The average Bonchev–Trinajstić information content (AvgIpc) is 2.67. The number of fused-ring (bicyclic) bond motifs is 1. The summed E-state index contributed by atoms with van der Waals surface area (Å²) in [6.45, 7) is 2.70. The molecular weight excluding hydrogens is 324 g/mol. The number of quaternary nitrogens is 1. The molecule has 3 aromatic carbocycles. The Morgan fingerprint density at radius 3 is 2.58 bits per heavy atom. The van der Waals surface area contributed by atoms with Crippen molar-refractivity contribution >= 4 is 22.4 Å². The summed E-state index contributed by atoms with van der Waals surface area (Å²) in [4.78, 5) is 13.8. The molecule has 0 saturated heterocycles. The first kappa shape index (κ1) is 18.0. The zero-order valence-electron chi connectivity index (χ0n) is 15.5. The van der Waals surface area contributed by atoms with E-state index in [1.807, 2.05) is 62.5 Å². The molecule has 4 heteroatoms. The SMILES string of the molecule is COc1cccc(C[NH+](C)[C@H](C)C(=O)Nc2ccc3ccccc3c2)c1. The summed E-state index contributed by atoms with van der Waals surface area (Å²) >= 11 is 0. The molecule has 1 unspecified atom stereocenters. The second-order valence-electron chi connectivity index (χ2n) is 6.65. The van der Waals surface area contributed by atoms with Gasteiger partial charge in [0.15, 0.2) is 6.04 Å². The molecule has 0 radical (unpaired) electrons. The van der Waals surface area contributed by atoms with Gasteiger partial charge in [0.1, 0.15) is 12.3 Å². The summed E-state index contributed by atoms with van der Waals surface area (Å²) in [5.74, 6) is 0.851. The lowest BCUT2D eigenvalue weighted by molar-refractivity contribution is -0.907. The minimum atomic E-state index is -0.173. The Morgan fingerprint density at radius 2 is 1.81 bits per heavy atom. The molecule has 0 fully saturated rings. The second-order valence-corrected chi connectivity index (χ2v) is 6.65. The lowest BCUT2D eigenvalue weighted by Gasteiger charge is -2.21. The third kappa shape index (κ3) is 4.21. The van der Waals surface area contributed by atoms with Gasteiger partial charge in [-0.2, -0.15) is 0 Å². The van der Waals surface area contributed by atoms with Crippen LogP contribution in [0.1, 0.15) is 12.5 Å². The summed E-state index contributed by atoms with van der Waals surface area (Å²) in [6, 6.07) is 21.9. The lowest BCUT2D eigenvalue weighted by Crippen LogP contribution is -3.12. The van der Waals surface area contributed by atoms with Gasteiger partial charge in [-0.15, -0.1) is 0 Å². The third-order valence-corrected chi connectivity index (χ3v) is 4.77. The molecule has 0 spiro atoms. The number of nitrogens with one attached hydrogen (secondary N) is 2. The van der Waals surface area contributed by atoms with E-state index in [0.29, 0.717) is 0 Å². The Bertz CT molecular complexity index is 907. The molecule has 0 aromatic heterocycles. The van der Waals surface area contributed by atoms with Crippen molar-refractivity contribution in [1.29, 1.82) is 0 Å². The predicted molar refractivity (Wildman–Crippen MR) is 106 cm³/mol. The van der Waals surface area contributed by atoms with Gasteiger partial charge in [-0.25, -0.2) is 0 Å². The molecule has 1 amide bonds. The van der Waals surface area contributed by atoms with Gasteiger partial charge in [0, 0.05) is 11.3 Å². The lowest BCUT2D eigenvalue weighted by atomic mass is 10.1. The number of rotatable bonds is 6. The average molecular weight is 349 g/mol. The quantitative estimate of drug-likeness (QED) is 0.719. The van der Waals surface area contributed by atoms with E-state index in [0.717, 1.165) is 33.8 Å². The summed E-state index contributed by atoms with van der Waals surface area (Å²) in [5.41, 5.74) is 1.97. The number of amides is 1. The van der Waals surface area contributed by atoms with E-state index in [4.69, 9.17) is 4.74 Å². The first-order chi connectivity index (χ1) is 12.6. The summed E-state index contributed by atoms with van der Waals surface area (Å²) in [6.07, 6.45) is 0. The predicted octanol–water partition coefficient (Wildman–Crippen LogP) is 2.89. The van der Waals surface area contributed by atoms with Crippen LogP contribution >= 0.6 is 0 Å². The first-order valence-electron chi connectivity index (χ1n) is 8.82. The van der Waals surface area contributed by atoms with Crippen molar-refractivity contribution in [2.24, 2.45) is 0 Å². The number of ether oxygens (including phenoxy) is 1. The zero-order valence-corrected chi connectivity index (χ0v) is 15.5.